The highest BCUT2D eigenvalue weighted by atomic mass is 79.9. The van der Waals surface area contributed by atoms with Gasteiger partial charge in [0.05, 0.1) is 14.2 Å². The fourth-order valence-corrected chi connectivity index (χ4v) is 3.72. The maximum Gasteiger partial charge on any atom is 0.235 e. The van der Waals surface area contributed by atoms with E-state index in [0.717, 1.165) is 9.35 Å². The van der Waals surface area contributed by atoms with Crippen LogP contribution < -0.4 is 5.73 Å². The second kappa shape index (κ2) is 6.81. The van der Waals surface area contributed by atoms with E-state index >= 15 is 0 Å². The first-order chi connectivity index (χ1) is 8.87. The average molecular weight is 363 g/mol. The number of halogens is 1. The Balaban J connectivity index is 2.88. The van der Waals surface area contributed by atoms with E-state index < -0.39 is 5.41 Å². The maximum absolute atomic E-state index is 12.6. The standard InChI is InChI=1S/C13H19BrN2OS2/c1-4-13(5-2,11(15)18)12(17)16(3)7-9-6-10(14)19-8-9/h6,8H,4-5,7H2,1-3H3,(H2,15,18). The summed E-state index contributed by atoms with van der Waals surface area (Å²) in [5, 5.41) is 2.04. The summed E-state index contributed by atoms with van der Waals surface area (Å²) < 4.78 is 1.06. The molecule has 0 fully saturated rings. The second-order valence-corrected chi connectivity index (χ2v) is 7.30. The molecule has 1 aromatic heterocycles. The summed E-state index contributed by atoms with van der Waals surface area (Å²) >= 11 is 10.2. The minimum atomic E-state index is -0.711. The molecule has 0 aliphatic heterocycles. The summed E-state index contributed by atoms with van der Waals surface area (Å²) in [7, 11) is 1.80. The molecule has 0 saturated carbocycles. The van der Waals surface area contributed by atoms with Gasteiger partial charge in [0.2, 0.25) is 5.91 Å². The monoisotopic (exact) mass is 362 g/mol. The van der Waals surface area contributed by atoms with Crippen molar-refractivity contribution in [1.29, 1.82) is 0 Å². The molecule has 0 aromatic carbocycles. The van der Waals surface area contributed by atoms with Gasteiger partial charge < -0.3 is 10.6 Å². The van der Waals surface area contributed by atoms with Crippen LogP contribution in [0.3, 0.4) is 0 Å². The van der Waals surface area contributed by atoms with E-state index in [2.05, 4.69) is 15.9 Å². The number of rotatable bonds is 6. The van der Waals surface area contributed by atoms with Crippen LogP contribution in [0.5, 0.6) is 0 Å². The molecular formula is C13H19BrN2OS2. The van der Waals surface area contributed by atoms with Gasteiger partial charge in [0.15, 0.2) is 0 Å². The number of thiocarbonyl (C=S) groups is 1. The van der Waals surface area contributed by atoms with E-state index in [9.17, 15) is 4.79 Å². The Bertz CT molecular complexity index is 469. The molecule has 0 spiro atoms. The molecule has 3 nitrogen and oxygen atoms in total. The summed E-state index contributed by atoms with van der Waals surface area (Å²) in [4.78, 5) is 14.6. The van der Waals surface area contributed by atoms with E-state index in [4.69, 9.17) is 18.0 Å². The van der Waals surface area contributed by atoms with Gasteiger partial charge in [0.25, 0.3) is 0 Å². The molecule has 0 bridgehead atoms. The first-order valence-corrected chi connectivity index (χ1v) is 8.23. The lowest BCUT2D eigenvalue weighted by Crippen LogP contribution is -2.48. The summed E-state index contributed by atoms with van der Waals surface area (Å²) in [6, 6.07) is 2.02. The third kappa shape index (κ3) is 3.55. The van der Waals surface area contributed by atoms with Crippen LogP contribution in [0.1, 0.15) is 32.3 Å². The van der Waals surface area contributed by atoms with Gasteiger partial charge in [-0.25, -0.2) is 0 Å². The minimum absolute atomic E-state index is 0.00678. The van der Waals surface area contributed by atoms with Crippen molar-refractivity contribution in [3.8, 4) is 0 Å². The first-order valence-electron chi connectivity index (χ1n) is 6.15. The number of amides is 1. The van der Waals surface area contributed by atoms with Crippen LogP contribution in [0.2, 0.25) is 0 Å². The molecule has 0 atom stereocenters. The summed E-state index contributed by atoms with van der Waals surface area (Å²) in [5.74, 6) is 0.00678. The molecule has 1 aromatic rings. The van der Waals surface area contributed by atoms with Crippen LogP contribution in [0.4, 0.5) is 0 Å². The van der Waals surface area contributed by atoms with E-state index in [-0.39, 0.29) is 5.91 Å². The van der Waals surface area contributed by atoms with Crippen LogP contribution in [-0.2, 0) is 11.3 Å². The fourth-order valence-electron chi connectivity index (χ4n) is 2.15. The molecule has 0 aliphatic rings. The number of hydrogen-bond acceptors (Lipinski definition) is 3. The third-order valence-electron chi connectivity index (χ3n) is 3.48. The zero-order valence-corrected chi connectivity index (χ0v) is 14.6. The fraction of sp³-hybridized carbons (Fsp3) is 0.538. The summed E-state index contributed by atoms with van der Waals surface area (Å²) in [5.41, 5.74) is 6.20. The highest BCUT2D eigenvalue weighted by Crippen LogP contribution is 2.30. The molecule has 2 N–H and O–H groups in total. The number of hydrogen-bond donors (Lipinski definition) is 1. The van der Waals surface area contributed by atoms with Crippen LogP contribution in [-0.4, -0.2) is 22.8 Å². The Morgan fingerprint density at radius 3 is 2.47 bits per heavy atom. The molecule has 0 radical (unpaired) electrons. The van der Waals surface area contributed by atoms with Crippen molar-refractivity contribution in [3.63, 3.8) is 0 Å². The Hall–Kier alpha value is -0.460. The number of carbonyl (C=O) groups excluding carboxylic acids is 1. The van der Waals surface area contributed by atoms with Crippen LogP contribution in [0, 0.1) is 5.41 Å². The molecule has 19 heavy (non-hydrogen) atoms. The van der Waals surface area contributed by atoms with Gasteiger partial charge in [-0.3, -0.25) is 4.79 Å². The topological polar surface area (TPSA) is 46.3 Å². The van der Waals surface area contributed by atoms with E-state index in [0.29, 0.717) is 24.4 Å². The summed E-state index contributed by atoms with van der Waals surface area (Å²) in [6.45, 7) is 4.48. The minimum Gasteiger partial charge on any atom is -0.392 e. The Morgan fingerprint density at radius 1 is 1.53 bits per heavy atom. The third-order valence-corrected chi connectivity index (χ3v) is 5.42. The van der Waals surface area contributed by atoms with Crippen molar-refractivity contribution >= 4 is 50.4 Å². The number of carbonyl (C=O) groups is 1. The molecule has 1 rings (SSSR count). The van der Waals surface area contributed by atoms with E-state index in [1.807, 2.05) is 25.3 Å². The van der Waals surface area contributed by atoms with E-state index in [1.54, 1.807) is 23.3 Å². The van der Waals surface area contributed by atoms with Crippen molar-refractivity contribution in [2.75, 3.05) is 7.05 Å². The molecule has 1 heterocycles. The average Bonchev–Trinajstić information content (AvgIpc) is 2.76. The Kier molecular flexibility index (Phi) is 5.95. The van der Waals surface area contributed by atoms with Crippen molar-refractivity contribution in [2.45, 2.75) is 33.2 Å². The van der Waals surface area contributed by atoms with Crippen LogP contribution in [0.15, 0.2) is 15.2 Å². The maximum atomic E-state index is 12.6. The summed E-state index contributed by atoms with van der Waals surface area (Å²) in [6.07, 6.45) is 1.27. The molecule has 0 saturated heterocycles. The Morgan fingerprint density at radius 2 is 2.11 bits per heavy atom. The molecule has 1 amide bonds. The van der Waals surface area contributed by atoms with Gasteiger partial charge >= 0.3 is 0 Å². The molecule has 6 heteroatoms. The first kappa shape index (κ1) is 16.6. The lowest BCUT2D eigenvalue weighted by atomic mass is 9.80. The molecule has 0 aliphatic carbocycles. The van der Waals surface area contributed by atoms with Gasteiger partial charge in [0.1, 0.15) is 0 Å². The van der Waals surface area contributed by atoms with E-state index in [1.165, 1.54) is 0 Å². The highest BCUT2D eigenvalue weighted by molar-refractivity contribution is 9.11. The molecule has 0 unspecified atom stereocenters. The van der Waals surface area contributed by atoms with Crippen molar-refractivity contribution < 1.29 is 4.79 Å². The highest BCUT2D eigenvalue weighted by Gasteiger charge is 2.39. The lowest BCUT2D eigenvalue weighted by molar-refractivity contribution is -0.137. The number of nitrogens with zero attached hydrogens (tertiary/aromatic N) is 1. The predicted molar refractivity (Wildman–Crippen MR) is 88.3 cm³/mol. The number of thiophene rings is 1. The normalized spacial score (nSPS) is 11.4. The van der Waals surface area contributed by atoms with Gasteiger partial charge in [-0.05, 0) is 45.8 Å². The lowest BCUT2D eigenvalue weighted by Gasteiger charge is -2.33. The van der Waals surface area contributed by atoms with Gasteiger partial charge in [-0.15, -0.1) is 11.3 Å². The van der Waals surface area contributed by atoms with Crippen molar-refractivity contribution in [2.24, 2.45) is 11.1 Å². The van der Waals surface area contributed by atoms with Gasteiger partial charge in [0, 0.05) is 13.6 Å². The number of nitrogens with two attached hydrogens (primary N) is 1. The molecular weight excluding hydrogens is 344 g/mol. The zero-order chi connectivity index (χ0) is 14.6. The zero-order valence-electron chi connectivity index (χ0n) is 11.4. The smallest absolute Gasteiger partial charge is 0.235 e. The SMILES string of the molecule is CCC(CC)(C(=O)N(C)Cc1csc(Br)c1)C(N)=S. The quantitative estimate of drug-likeness (QED) is 0.786. The Labute approximate surface area is 132 Å². The molecule has 106 valence electrons. The predicted octanol–water partition coefficient (Wildman–Crippen LogP) is 3.56. The van der Waals surface area contributed by atoms with Gasteiger partial charge in [-0.2, -0.15) is 0 Å². The van der Waals surface area contributed by atoms with Crippen LogP contribution >= 0.6 is 39.5 Å². The second-order valence-electron chi connectivity index (χ2n) is 4.57. The van der Waals surface area contributed by atoms with Crippen molar-refractivity contribution in [3.05, 3.63) is 20.8 Å². The largest absolute Gasteiger partial charge is 0.392 e. The van der Waals surface area contributed by atoms with Crippen LogP contribution in [0.25, 0.3) is 0 Å². The van der Waals surface area contributed by atoms with Crippen molar-refractivity contribution in [1.82, 2.24) is 4.90 Å². The van der Waals surface area contributed by atoms with Gasteiger partial charge in [-0.1, -0.05) is 26.1 Å².